The lowest BCUT2D eigenvalue weighted by atomic mass is 9.98. The quantitative estimate of drug-likeness (QED) is 0.248. The van der Waals surface area contributed by atoms with Crippen LogP contribution >= 0.6 is 11.6 Å². The molecule has 0 aliphatic heterocycles. The molecule has 206 valence electrons. The van der Waals surface area contributed by atoms with Crippen molar-refractivity contribution < 1.29 is 19.1 Å². The number of anilines is 2. The van der Waals surface area contributed by atoms with Crippen molar-refractivity contribution in [1.29, 1.82) is 0 Å². The van der Waals surface area contributed by atoms with E-state index in [1.54, 1.807) is 42.6 Å². The summed E-state index contributed by atoms with van der Waals surface area (Å²) in [6.45, 7) is 6.31. The van der Waals surface area contributed by atoms with E-state index in [-0.39, 0.29) is 24.5 Å². The summed E-state index contributed by atoms with van der Waals surface area (Å²) in [5, 5.41) is 3.76. The van der Waals surface area contributed by atoms with Gasteiger partial charge in [0, 0.05) is 41.5 Å². The topological polar surface area (TPSA) is 112 Å². The average Bonchev–Trinajstić information content (AvgIpc) is 2.90. The summed E-state index contributed by atoms with van der Waals surface area (Å²) in [4.78, 5) is 46.6. The average molecular weight is 561 g/mol. The third-order valence-corrected chi connectivity index (χ3v) is 6.28. The molecule has 0 atom stereocenters. The largest absolute Gasteiger partial charge is 0.456 e. The van der Waals surface area contributed by atoms with Crippen molar-refractivity contribution in [1.82, 2.24) is 14.5 Å². The van der Waals surface area contributed by atoms with Crippen molar-refractivity contribution in [2.75, 3.05) is 5.32 Å². The smallest absolute Gasteiger partial charge is 0.303 e. The molecule has 0 bridgehead atoms. The summed E-state index contributed by atoms with van der Waals surface area (Å²) in [5.74, 6) is 0.522. The van der Waals surface area contributed by atoms with Gasteiger partial charge in [-0.05, 0) is 74.9 Å². The maximum absolute atomic E-state index is 13.6. The number of ketones is 1. The Bertz CT molecular complexity index is 1560. The number of aryl methyl sites for hydroxylation is 1. The molecule has 2 aromatic carbocycles. The van der Waals surface area contributed by atoms with Crippen molar-refractivity contribution >= 4 is 35.0 Å². The van der Waals surface area contributed by atoms with E-state index in [9.17, 15) is 14.4 Å². The van der Waals surface area contributed by atoms with Crippen LogP contribution in [-0.4, -0.2) is 31.9 Å². The maximum atomic E-state index is 13.6. The fraction of sp³-hybridized carbons (Fsp3) is 0.233. The van der Waals surface area contributed by atoms with Crippen molar-refractivity contribution in [2.45, 2.75) is 46.3 Å². The molecule has 0 saturated carbocycles. The number of hydrogen-bond donors (Lipinski definition) is 1. The van der Waals surface area contributed by atoms with Gasteiger partial charge in [0.05, 0.1) is 12.7 Å². The maximum Gasteiger partial charge on any atom is 0.303 e. The molecule has 10 heteroatoms. The van der Waals surface area contributed by atoms with E-state index >= 15 is 0 Å². The van der Waals surface area contributed by atoms with Crippen LogP contribution < -0.4 is 15.6 Å². The Labute approximate surface area is 236 Å². The fourth-order valence-corrected chi connectivity index (χ4v) is 3.99. The molecule has 2 aromatic heterocycles. The molecule has 0 amide bonds. The normalized spacial score (nSPS) is 11.1. The number of aromatic nitrogens is 3. The van der Waals surface area contributed by atoms with Crippen molar-refractivity contribution in [3.8, 4) is 11.5 Å². The number of nitrogens with one attached hydrogen (secondary N) is 1. The van der Waals surface area contributed by atoms with Crippen LogP contribution in [0, 0.1) is 6.92 Å². The number of rotatable bonds is 10. The Balaban J connectivity index is 1.60. The van der Waals surface area contributed by atoms with Gasteiger partial charge in [-0.15, -0.1) is 0 Å². The minimum Gasteiger partial charge on any atom is -0.456 e. The Kier molecular flexibility index (Phi) is 8.64. The van der Waals surface area contributed by atoms with E-state index in [0.717, 1.165) is 11.3 Å². The van der Waals surface area contributed by atoms with Gasteiger partial charge in [0.1, 0.15) is 11.5 Å². The first-order valence-corrected chi connectivity index (χ1v) is 12.9. The van der Waals surface area contributed by atoms with Crippen LogP contribution in [0.1, 0.15) is 37.6 Å². The van der Waals surface area contributed by atoms with Gasteiger partial charge in [-0.3, -0.25) is 23.9 Å². The van der Waals surface area contributed by atoms with Crippen LogP contribution in [0.2, 0.25) is 5.02 Å². The molecule has 0 aliphatic carbocycles. The van der Waals surface area contributed by atoms with E-state index in [4.69, 9.17) is 21.1 Å². The number of Topliss-reactive ketones (excluding diaryl/α,β-unsaturated/α-hetero) is 1. The summed E-state index contributed by atoms with van der Waals surface area (Å²) in [6.07, 6.45) is 2.78. The van der Waals surface area contributed by atoms with Crippen molar-refractivity contribution in [3.05, 3.63) is 105 Å². The van der Waals surface area contributed by atoms with E-state index < -0.39 is 22.9 Å². The van der Waals surface area contributed by atoms with Crippen LogP contribution in [0.4, 0.5) is 11.6 Å². The molecular weight excluding hydrogens is 532 g/mol. The van der Waals surface area contributed by atoms with Crippen LogP contribution in [0.15, 0.2) is 77.9 Å². The fourth-order valence-electron chi connectivity index (χ4n) is 3.86. The third kappa shape index (κ3) is 7.33. The molecular formula is C30H29ClN4O5. The zero-order chi connectivity index (χ0) is 28.9. The number of nitrogens with zero attached hydrogens (tertiary/aromatic N) is 3. The number of carbonyl (C=O) groups is 2. The minimum atomic E-state index is -1.38. The molecule has 40 heavy (non-hydrogen) atoms. The predicted octanol–water partition coefficient (Wildman–Crippen LogP) is 5.64. The zero-order valence-electron chi connectivity index (χ0n) is 22.6. The van der Waals surface area contributed by atoms with Gasteiger partial charge in [0.2, 0.25) is 5.95 Å². The Morgan fingerprint density at radius 3 is 2.25 bits per heavy atom. The van der Waals surface area contributed by atoms with E-state index in [0.29, 0.717) is 22.2 Å². The lowest BCUT2D eigenvalue weighted by Gasteiger charge is -2.23. The summed E-state index contributed by atoms with van der Waals surface area (Å²) in [5.41, 5.74) is 0.787. The first-order chi connectivity index (χ1) is 19.0. The second-order valence-electron chi connectivity index (χ2n) is 9.72. The molecule has 0 unspecified atom stereocenters. The number of benzene rings is 2. The second-order valence-corrected chi connectivity index (χ2v) is 10.2. The molecule has 2 heterocycles. The molecule has 4 aromatic rings. The van der Waals surface area contributed by atoms with Gasteiger partial charge in [0.25, 0.3) is 5.56 Å². The number of esters is 1. The summed E-state index contributed by atoms with van der Waals surface area (Å²) < 4.78 is 12.4. The predicted molar refractivity (Wildman–Crippen MR) is 152 cm³/mol. The molecule has 0 spiro atoms. The summed E-state index contributed by atoms with van der Waals surface area (Å²) in [7, 11) is 0. The highest BCUT2D eigenvalue weighted by Crippen LogP contribution is 2.24. The van der Waals surface area contributed by atoms with Crippen LogP contribution in [0.5, 0.6) is 11.5 Å². The Hall–Kier alpha value is -4.50. The highest BCUT2D eigenvalue weighted by molar-refractivity contribution is 6.30. The molecule has 0 radical (unpaired) electrons. The molecule has 0 aliphatic rings. The number of halogens is 1. The van der Waals surface area contributed by atoms with E-state index in [1.165, 1.54) is 31.5 Å². The van der Waals surface area contributed by atoms with Crippen molar-refractivity contribution in [3.63, 3.8) is 0 Å². The Morgan fingerprint density at radius 1 is 0.950 bits per heavy atom. The van der Waals surface area contributed by atoms with Gasteiger partial charge in [0.15, 0.2) is 11.4 Å². The molecule has 1 N–H and O–H groups in total. The minimum absolute atomic E-state index is 0.181. The second kappa shape index (κ2) is 12.1. The molecule has 0 saturated heterocycles. The van der Waals surface area contributed by atoms with Gasteiger partial charge in [-0.2, -0.15) is 0 Å². The van der Waals surface area contributed by atoms with Crippen LogP contribution in [-0.2, 0) is 27.3 Å². The molecule has 4 rings (SSSR count). The van der Waals surface area contributed by atoms with Crippen LogP contribution in [0.3, 0.4) is 0 Å². The third-order valence-electron chi connectivity index (χ3n) is 6.02. The van der Waals surface area contributed by atoms with Gasteiger partial charge < -0.3 is 14.8 Å². The number of carbonyl (C=O) groups excluding carboxylic acids is 2. The highest BCUT2D eigenvalue weighted by atomic mass is 35.5. The lowest BCUT2D eigenvalue weighted by Crippen LogP contribution is -2.39. The number of ether oxygens (including phenoxy) is 2. The van der Waals surface area contributed by atoms with Gasteiger partial charge >= 0.3 is 5.97 Å². The van der Waals surface area contributed by atoms with Gasteiger partial charge in [-0.25, -0.2) is 4.98 Å². The monoisotopic (exact) mass is 560 g/mol. The first-order valence-electron chi connectivity index (χ1n) is 12.5. The number of hydrogen-bond acceptors (Lipinski definition) is 8. The molecule has 0 fully saturated rings. The first kappa shape index (κ1) is 28.5. The van der Waals surface area contributed by atoms with Gasteiger partial charge in [-0.1, -0.05) is 23.7 Å². The Morgan fingerprint density at radius 2 is 1.62 bits per heavy atom. The standard InChI is InChI=1S/C30H29ClN4O5/c1-19-5-12-26(17-32-19)39-25-13-10-24(11-14-25)34-29-33-16-22(15-27(37)30(3,4)40-20(2)36)28(38)35(29)18-21-6-8-23(31)9-7-21/h5-14,16-17H,15,18H2,1-4H3,(H,33,34). The number of pyridine rings is 1. The van der Waals surface area contributed by atoms with Crippen molar-refractivity contribution in [2.24, 2.45) is 0 Å². The lowest BCUT2D eigenvalue weighted by molar-refractivity contribution is -0.161. The van der Waals surface area contributed by atoms with E-state index in [2.05, 4.69) is 15.3 Å². The SMILES string of the molecule is CC(=O)OC(C)(C)C(=O)Cc1cnc(Nc2ccc(Oc3ccc(C)nc3)cc2)n(Cc2ccc(Cl)cc2)c1=O. The summed E-state index contributed by atoms with van der Waals surface area (Å²) >= 11 is 6.04. The zero-order valence-corrected chi connectivity index (χ0v) is 23.4. The summed E-state index contributed by atoms with van der Waals surface area (Å²) in [6, 6.07) is 18.0. The molecule has 9 nitrogen and oxygen atoms in total. The highest BCUT2D eigenvalue weighted by Gasteiger charge is 2.31. The van der Waals surface area contributed by atoms with E-state index in [1.807, 2.05) is 31.2 Å². The van der Waals surface area contributed by atoms with Crippen LogP contribution in [0.25, 0.3) is 0 Å².